The minimum atomic E-state index is 0.159. The van der Waals surface area contributed by atoms with Crippen LogP contribution in [-0.2, 0) is 11.3 Å². The van der Waals surface area contributed by atoms with E-state index in [1.807, 2.05) is 26.0 Å². The number of aromatic nitrogens is 2. The molecule has 3 aromatic rings. The van der Waals surface area contributed by atoms with Crippen molar-refractivity contribution < 1.29 is 9.32 Å². The fourth-order valence-electron chi connectivity index (χ4n) is 2.66. The van der Waals surface area contributed by atoms with Crippen LogP contribution in [0.5, 0.6) is 0 Å². The van der Waals surface area contributed by atoms with E-state index in [-0.39, 0.29) is 11.8 Å². The molecule has 5 nitrogen and oxygen atoms in total. The average Bonchev–Trinajstić information content (AvgIpc) is 3.16. The molecule has 0 spiro atoms. The molecule has 0 saturated heterocycles. The molecule has 0 bridgehead atoms. The number of nitrogens with zero attached hydrogens (tertiary/aromatic N) is 2. The zero-order valence-corrected chi connectivity index (χ0v) is 15.0. The van der Waals surface area contributed by atoms with Crippen molar-refractivity contribution in [2.45, 2.75) is 33.2 Å². The Morgan fingerprint density at radius 1 is 1.28 bits per heavy atom. The van der Waals surface area contributed by atoms with Gasteiger partial charge >= 0.3 is 0 Å². The molecule has 1 aliphatic rings. The van der Waals surface area contributed by atoms with E-state index in [1.165, 1.54) is 0 Å². The molecule has 25 heavy (non-hydrogen) atoms. The quantitative estimate of drug-likeness (QED) is 0.749. The third-order valence-electron chi connectivity index (χ3n) is 4.32. The van der Waals surface area contributed by atoms with Crippen LogP contribution >= 0.6 is 11.3 Å². The molecule has 6 heteroatoms. The summed E-state index contributed by atoms with van der Waals surface area (Å²) in [6.07, 6.45) is 2.04. The fourth-order valence-corrected chi connectivity index (χ4v) is 3.53. The van der Waals surface area contributed by atoms with Crippen LogP contribution in [0.4, 0.5) is 0 Å². The summed E-state index contributed by atoms with van der Waals surface area (Å²) in [6, 6.07) is 10.2. The summed E-state index contributed by atoms with van der Waals surface area (Å²) in [7, 11) is 0. The summed E-state index contributed by atoms with van der Waals surface area (Å²) >= 11 is 1.58. The van der Waals surface area contributed by atoms with Crippen molar-refractivity contribution in [1.82, 2.24) is 15.5 Å². The van der Waals surface area contributed by atoms with Gasteiger partial charge in [-0.25, -0.2) is 0 Å². The minimum absolute atomic E-state index is 0.159. The first-order valence-electron chi connectivity index (χ1n) is 8.38. The molecule has 1 amide bonds. The van der Waals surface area contributed by atoms with Crippen molar-refractivity contribution in [2.75, 3.05) is 0 Å². The van der Waals surface area contributed by atoms with Crippen molar-refractivity contribution in [1.29, 1.82) is 0 Å². The second-order valence-electron chi connectivity index (χ2n) is 6.50. The number of carbonyl (C=O) groups excluding carboxylic acids is 1. The van der Waals surface area contributed by atoms with Crippen LogP contribution in [0.2, 0.25) is 0 Å². The van der Waals surface area contributed by atoms with Crippen LogP contribution in [0.15, 0.2) is 34.9 Å². The first-order chi connectivity index (χ1) is 12.1. The molecule has 1 aliphatic carbocycles. The third-order valence-corrected chi connectivity index (χ3v) is 5.40. The maximum atomic E-state index is 11.7. The normalized spacial score (nSPS) is 13.8. The van der Waals surface area contributed by atoms with Gasteiger partial charge in [-0.1, -0.05) is 22.9 Å². The van der Waals surface area contributed by atoms with Gasteiger partial charge in [0.1, 0.15) is 0 Å². The van der Waals surface area contributed by atoms with Crippen molar-refractivity contribution in [3.8, 4) is 22.2 Å². The van der Waals surface area contributed by atoms with Gasteiger partial charge in [0.05, 0.1) is 11.4 Å². The number of rotatable bonds is 5. The average molecular weight is 353 g/mol. The monoisotopic (exact) mass is 353 g/mol. The van der Waals surface area contributed by atoms with Crippen LogP contribution in [-0.4, -0.2) is 16.0 Å². The van der Waals surface area contributed by atoms with Gasteiger partial charge < -0.3 is 9.84 Å². The Labute approximate surface area is 150 Å². The molecule has 2 heterocycles. The van der Waals surface area contributed by atoms with Crippen molar-refractivity contribution in [3.05, 3.63) is 46.3 Å². The molecule has 0 aliphatic heterocycles. The number of aryl methyl sites for hydroxylation is 2. The number of thiophene rings is 1. The lowest BCUT2D eigenvalue weighted by atomic mass is 10.1. The van der Waals surface area contributed by atoms with E-state index in [0.717, 1.165) is 39.3 Å². The Bertz CT molecular complexity index is 924. The number of benzene rings is 1. The summed E-state index contributed by atoms with van der Waals surface area (Å²) in [4.78, 5) is 18.3. The van der Waals surface area contributed by atoms with Gasteiger partial charge in [0, 0.05) is 16.4 Å². The number of hydrogen-bond acceptors (Lipinski definition) is 5. The van der Waals surface area contributed by atoms with Crippen LogP contribution in [0, 0.1) is 19.8 Å². The van der Waals surface area contributed by atoms with Crippen molar-refractivity contribution in [2.24, 2.45) is 5.92 Å². The van der Waals surface area contributed by atoms with Gasteiger partial charge in [-0.15, -0.1) is 11.3 Å². The highest BCUT2D eigenvalue weighted by molar-refractivity contribution is 7.15. The Morgan fingerprint density at radius 2 is 2.12 bits per heavy atom. The summed E-state index contributed by atoms with van der Waals surface area (Å²) in [5.41, 5.74) is 3.23. The second-order valence-corrected chi connectivity index (χ2v) is 7.67. The molecule has 4 rings (SSSR count). The number of hydrogen-bond donors (Lipinski definition) is 1. The van der Waals surface area contributed by atoms with Crippen LogP contribution in [0.1, 0.15) is 28.8 Å². The Balaban J connectivity index is 1.50. The topological polar surface area (TPSA) is 68.0 Å². The molecule has 2 aromatic heterocycles. The van der Waals surface area contributed by atoms with Gasteiger partial charge in [0.25, 0.3) is 5.89 Å². The summed E-state index contributed by atoms with van der Waals surface area (Å²) in [5, 5.41) is 7.10. The smallest absolute Gasteiger partial charge is 0.258 e. The van der Waals surface area contributed by atoms with Gasteiger partial charge in [0.2, 0.25) is 11.7 Å². The maximum Gasteiger partial charge on any atom is 0.258 e. The molecule has 128 valence electrons. The molecule has 1 aromatic carbocycles. The molecule has 1 saturated carbocycles. The van der Waals surface area contributed by atoms with E-state index in [9.17, 15) is 4.79 Å². The van der Waals surface area contributed by atoms with E-state index in [0.29, 0.717) is 18.3 Å². The van der Waals surface area contributed by atoms with E-state index >= 15 is 0 Å². The Morgan fingerprint density at radius 3 is 2.92 bits per heavy atom. The molecule has 0 radical (unpaired) electrons. The van der Waals surface area contributed by atoms with E-state index in [4.69, 9.17) is 4.52 Å². The highest BCUT2D eigenvalue weighted by Gasteiger charge is 2.29. The van der Waals surface area contributed by atoms with Gasteiger partial charge in [-0.05, 0) is 50.5 Å². The molecule has 1 N–H and O–H groups in total. The lowest BCUT2D eigenvalue weighted by molar-refractivity contribution is -0.122. The lowest BCUT2D eigenvalue weighted by Gasteiger charge is -2.01. The van der Waals surface area contributed by atoms with Crippen LogP contribution < -0.4 is 5.32 Å². The highest BCUT2D eigenvalue weighted by Crippen LogP contribution is 2.31. The van der Waals surface area contributed by atoms with E-state index < -0.39 is 0 Å². The van der Waals surface area contributed by atoms with Gasteiger partial charge in [-0.3, -0.25) is 4.79 Å². The molecular formula is C19H19N3O2S. The van der Waals surface area contributed by atoms with Crippen molar-refractivity contribution >= 4 is 17.2 Å². The molecule has 0 atom stereocenters. The minimum Gasteiger partial charge on any atom is -0.351 e. The largest absolute Gasteiger partial charge is 0.351 e. The number of amides is 1. The molecule has 0 unspecified atom stereocenters. The van der Waals surface area contributed by atoms with Crippen LogP contribution in [0.3, 0.4) is 0 Å². The zero-order valence-electron chi connectivity index (χ0n) is 14.2. The molecular weight excluding hydrogens is 334 g/mol. The SMILES string of the molecule is Cc1ccc(C)c(-c2nc(-c3ccc(CNC(=O)C4CC4)s3)no2)c1. The summed E-state index contributed by atoms with van der Waals surface area (Å²) in [5.74, 6) is 1.51. The summed E-state index contributed by atoms with van der Waals surface area (Å²) < 4.78 is 5.46. The second kappa shape index (κ2) is 6.44. The highest BCUT2D eigenvalue weighted by atomic mass is 32.1. The Kier molecular flexibility index (Phi) is 4.13. The van der Waals surface area contributed by atoms with E-state index in [1.54, 1.807) is 11.3 Å². The third kappa shape index (κ3) is 3.49. The predicted octanol–water partition coefficient (Wildman–Crippen LogP) is 4.11. The zero-order chi connectivity index (χ0) is 17.4. The predicted molar refractivity (Wildman–Crippen MR) is 97.1 cm³/mol. The van der Waals surface area contributed by atoms with Crippen molar-refractivity contribution in [3.63, 3.8) is 0 Å². The number of carbonyl (C=O) groups is 1. The van der Waals surface area contributed by atoms with Crippen LogP contribution in [0.25, 0.3) is 22.2 Å². The standard InChI is InChI=1S/C19H19N3O2S/c1-11-3-4-12(2)15(9-11)19-21-17(22-24-19)16-8-7-14(25-16)10-20-18(23)13-5-6-13/h3-4,7-9,13H,5-6,10H2,1-2H3,(H,20,23). The van der Waals surface area contributed by atoms with E-state index in [2.05, 4.69) is 33.7 Å². The maximum absolute atomic E-state index is 11.7. The first-order valence-corrected chi connectivity index (χ1v) is 9.20. The van der Waals surface area contributed by atoms with Gasteiger partial charge in [-0.2, -0.15) is 4.98 Å². The first kappa shape index (κ1) is 16.0. The fraction of sp³-hybridized carbons (Fsp3) is 0.316. The number of nitrogens with one attached hydrogen (secondary N) is 1. The molecule has 1 fully saturated rings. The Hall–Kier alpha value is -2.47. The van der Waals surface area contributed by atoms with Gasteiger partial charge in [0.15, 0.2) is 0 Å². The lowest BCUT2D eigenvalue weighted by Crippen LogP contribution is -2.23. The summed E-state index contributed by atoms with van der Waals surface area (Å²) in [6.45, 7) is 4.63.